The second kappa shape index (κ2) is 7.51. The second-order valence-corrected chi connectivity index (χ2v) is 6.23. The summed E-state index contributed by atoms with van der Waals surface area (Å²) in [6.45, 7) is 3.68. The van der Waals surface area contributed by atoms with Crippen molar-refractivity contribution < 1.29 is 4.74 Å². The quantitative estimate of drug-likeness (QED) is 0.766. The highest BCUT2D eigenvalue weighted by molar-refractivity contribution is 9.10. The van der Waals surface area contributed by atoms with Crippen molar-refractivity contribution in [3.05, 3.63) is 58.6 Å². The molecule has 2 aromatic rings. The first-order chi connectivity index (χ1) is 11.3. The van der Waals surface area contributed by atoms with E-state index < -0.39 is 0 Å². The molecule has 1 heterocycles. The number of halogens is 1. The number of rotatable bonds is 4. The molecule has 1 aliphatic rings. The predicted molar refractivity (Wildman–Crippen MR) is 98.5 cm³/mol. The summed E-state index contributed by atoms with van der Waals surface area (Å²) < 4.78 is 6.52. The van der Waals surface area contributed by atoms with E-state index in [1.165, 1.54) is 0 Å². The lowest BCUT2D eigenvalue weighted by atomic mass is 10.2. The fraction of sp³-hybridized carbons (Fsp3) is 0.278. The molecule has 120 valence electrons. The minimum Gasteiger partial charge on any atom is -0.495 e. The zero-order valence-corrected chi connectivity index (χ0v) is 14.7. The summed E-state index contributed by atoms with van der Waals surface area (Å²) in [6.07, 6.45) is 1.92. The van der Waals surface area contributed by atoms with Crippen LogP contribution < -0.4 is 9.64 Å². The largest absolute Gasteiger partial charge is 0.495 e. The number of hydrazone groups is 1. The van der Waals surface area contributed by atoms with Crippen LogP contribution in [0.5, 0.6) is 5.75 Å². The van der Waals surface area contributed by atoms with Gasteiger partial charge in [-0.2, -0.15) is 5.10 Å². The molecule has 23 heavy (non-hydrogen) atoms. The Labute approximate surface area is 145 Å². The highest BCUT2D eigenvalue weighted by Gasteiger charge is 2.18. The van der Waals surface area contributed by atoms with Crippen LogP contribution >= 0.6 is 15.9 Å². The molecule has 0 amide bonds. The lowest BCUT2D eigenvalue weighted by Gasteiger charge is -2.35. The van der Waals surface area contributed by atoms with Crippen LogP contribution in [0.3, 0.4) is 0 Å². The van der Waals surface area contributed by atoms with Gasteiger partial charge in [-0.05, 0) is 18.2 Å². The van der Waals surface area contributed by atoms with Crippen LogP contribution in [0.2, 0.25) is 0 Å². The monoisotopic (exact) mass is 373 g/mol. The Hall–Kier alpha value is -2.01. The zero-order chi connectivity index (χ0) is 16.1. The number of hydrogen-bond acceptors (Lipinski definition) is 4. The van der Waals surface area contributed by atoms with Crippen molar-refractivity contribution in [1.29, 1.82) is 0 Å². The molecule has 4 nitrogen and oxygen atoms in total. The van der Waals surface area contributed by atoms with Gasteiger partial charge in [-0.15, -0.1) is 0 Å². The van der Waals surface area contributed by atoms with Crippen molar-refractivity contribution in [2.75, 3.05) is 38.2 Å². The maximum absolute atomic E-state index is 5.45. The van der Waals surface area contributed by atoms with Gasteiger partial charge < -0.3 is 9.64 Å². The van der Waals surface area contributed by atoms with Gasteiger partial charge >= 0.3 is 0 Å². The standard InChI is InChI=1S/C18H20BrN3O/c1-23-18-9-5-4-8-17(18)21-10-12-22(13-11-21)20-14-15-6-2-3-7-16(15)19/h2-9,14H,10-13H2,1H3/b20-14-. The number of nitrogens with zero attached hydrogens (tertiary/aromatic N) is 3. The molecule has 0 radical (unpaired) electrons. The van der Waals surface area contributed by atoms with Crippen LogP contribution in [-0.4, -0.2) is 44.5 Å². The van der Waals surface area contributed by atoms with Crippen molar-refractivity contribution in [2.45, 2.75) is 0 Å². The Bertz CT molecular complexity index is 681. The number of methoxy groups -OCH3 is 1. The number of piperazine rings is 1. The molecule has 0 atom stereocenters. The molecule has 1 aliphatic heterocycles. The average Bonchev–Trinajstić information content (AvgIpc) is 2.61. The van der Waals surface area contributed by atoms with E-state index >= 15 is 0 Å². The molecule has 0 saturated carbocycles. The topological polar surface area (TPSA) is 28.1 Å². The zero-order valence-electron chi connectivity index (χ0n) is 13.2. The van der Waals surface area contributed by atoms with Crippen molar-refractivity contribution >= 4 is 27.8 Å². The number of anilines is 1. The SMILES string of the molecule is COc1ccccc1N1CCN(/N=C\c2ccccc2Br)CC1. The number of para-hydroxylation sites is 2. The van der Waals surface area contributed by atoms with Gasteiger partial charge in [0.25, 0.3) is 0 Å². The molecule has 1 fully saturated rings. The van der Waals surface area contributed by atoms with Crippen molar-refractivity contribution in [1.82, 2.24) is 5.01 Å². The molecule has 5 heteroatoms. The molecule has 0 N–H and O–H groups in total. The predicted octanol–water partition coefficient (Wildman–Crippen LogP) is 3.61. The van der Waals surface area contributed by atoms with Crippen LogP contribution in [0, 0.1) is 0 Å². The first-order valence-electron chi connectivity index (χ1n) is 7.69. The fourth-order valence-electron chi connectivity index (χ4n) is 2.67. The summed E-state index contributed by atoms with van der Waals surface area (Å²) in [5.41, 5.74) is 2.25. The number of benzene rings is 2. The van der Waals surface area contributed by atoms with E-state index in [0.717, 1.165) is 47.7 Å². The average molecular weight is 374 g/mol. The van der Waals surface area contributed by atoms with Crippen molar-refractivity contribution in [3.8, 4) is 5.75 Å². The molecule has 3 rings (SSSR count). The van der Waals surface area contributed by atoms with Gasteiger partial charge in [0.05, 0.1) is 32.1 Å². The lowest BCUT2D eigenvalue weighted by Crippen LogP contribution is -2.44. The van der Waals surface area contributed by atoms with Gasteiger partial charge in [0.1, 0.15) is 5.75 Å². The van der Waals surface area contributed by atoms with E-state index in [4.69, 9.17) is 4.74 Å². The molecule has 0 unspecified atom stereocenters. The molecule has 0 bridgehead atoms. The highest BCUT2D eigenvalue weighted by Crippen LogP contribution is 2.28. The van der Waals surface area contributed by atoms with Gasteiger partial charge in [-0.1, -0.05) is 46.3 Å². The summed E-state index contributed by atoms with van der Waals surface area (Å²) in [5.74, 6) is 0.928. The third kappa shape index (κ3) is 3.85. The molecule has 1 saturated heterocycles. The van der Waals surface area contributed by atoms with E-state index in [9.17, 15) is 0 Å². The van der Waals surface area contributed by atoms with E-state index in [-0.39, 0.29) is 0 Å². The summed E-state index contributed by atoms with van der Waals surface area (Å²) in [7, 11) is 1.72. The third-order valence-electron chi connectivity index (χ3n) is 3.95. The molecular weight excluding hydrogens is 354 g/mol. The minimum absolute atomic E-state index is 0.902. The van der Waals surface area contributed by atoms with E-state index in [1.807, 2.05) is 36.5 Å². The van der Waals surface area contributed by atoms with Gasteiger partial charge in [-0.25, -0.2) is 0 Å². The fourth-order valence-corrected chi connectivity index (χ4v) is 3.05. The Kier molecular flexibility index (Phi) is 5.18. The first-order valence-corrected chi connectivity index (χ1v) is 8.48. The van der Waals surface area contributed by atoms with Gasteiger partial charge in [-0.3, -0.25) is 5.01 Å². The summed E-state index contributed by atoms with van der Waals surface area (Å²) >= 11 is 3.55. The third-order valence-corrected chi connectivity index (χ3v) is 4.67. The first kappa shape index (κ1) is 15.9. The lowest BCUT2D eigenvalue weighted by molar-refractivity contribution is 0.271. The van der Waals surface area contributed by atoms with Gasteiger partial charge in [0.15, 0.2) is 0 Å². The second-order valence-electron chi connectivity index (χ2n) is 5.38. The molecular formula is C18H20BrN3O. The van der Waals surface area contributed by atoms with Crippen molar-refractivity contribution in [2.24, 2.45) is 5.10 Å². The maximum atomic E-state index is 5.45. The highest BCUT2D eigenvalue weighted by atomic mass is 79.9. The Morgan fingerprint density at radius 2 is 1.70 bits per heavy atom. The normalized spacial score (nSPS) is 15.2. The van der Waals surface area contributed by atoms with Gasteiger partial charge in [0, 0.05) is 23.1 Å². The van der Waals surface area contributed by atoms with E-state index in [2.05, 4.69) is 49.1 Å². The molecule has 0 aromatic heterocycles. The maximum Gasteiger partial charge on any atom is 0.142 e. The minimum atomic E-state index is 0.902. The van der Waals surface area contributed by atoms with Crippen LogP contribution in [0.4, 0.5) is 5.69 Å². The van der Waals surface area contributed by atoms with Crippen LogP contribution in [-0.2, 0) is 0 Å². The molecule has 0 aliphatic carbocycles. The number of ether oxygens (including phenoxy) is 1. The van der Waals surface area contributed by atoms with Crippen LogP contribution in [0.15, 0.2) is 58.1 Å². The van der Waals surface area contributed by atoms with Crippen LogP contribution in [0.25, 0.3) is 0 Å². The Morgan fingerprint density at radius 3 is 2.43 bits per heavy atom. The summed E-state index contributed by atoms with van der Waals surface area (Å²) in [6, 6.07) is 16.3. The van der Waals surface area contributed by atoms with Gasteiger partial charge in [0.2, 0.25) is 0 Å². The summed E-state index contributed by atoms with van der Waals surface area (Å²) in [4.78, 5) is 2.35. The Balaban J connectivity index is 1.61. The molecule has 0 spiro atoms. The van der Waals surface area contributed by atoms with E-state index in [0.29, 0.717) is 0 Å². The summed E-state index contributed by atoms with van der Waals surface area (Å²) in [5, 5.41) is 6.72. The van der Waals surface area contributed by atoms with E-state index in [1.54, 1.807) is 7.11 Å². The molecule has 2 aromatic carbocycles. The Morgan fingerprint density at radius 1 is 1.00 bits per heavy atom. The van der Waals surface area contributed by atoms with Crippen LogP contribution in [0.1, 0.15) is 5.56 Å². The number of hydrogen-bond donors (Lipinski definition) is 0. The van der Waals surface area contributed by atoms with Crippen molar-refractivity contribution in [3.63, 3.8) is 0 Å². The smallest absolute Gasteiger partial charge is 0.142 e.